The Morgan fingerprint density at radius 3 is 2.80 bits per heavy atom. The molecule has 0 saturated heterocycles. The largest absolute Gasteiger partial charge is 0.478 e. The standard InChI is InChI=1S/C14H12N2O4/c1-9-7-12(16-20-9)14(19)15-11-4-2-3-10(8-11)5-6-13(17)18/h2-8H,1H3,(H,15,19)(H,17,18)/b6-5+. The smallest absolute Gasteiger partial charge is 0.328 e. The van der Waals surface area contributed by atoms with Crippen LogP contribution in [0.4, 0.5) is 5.69 Å². The second-order valence-electron chi connectivity index (χ2n) is 4.07. The highest BCUT2D eigenvalue weighted by Gasteiger charge is 2.10. The van der Waals surface area contributed by atoms with Crippen LogP contribution < -0.4 is 5.32 Å². The number of benzene rings is 1. The van der Waals surface area contributed by atoms with Gasteiger partial charge in [0.2, 0.25) is 0 Å². The monoisotopic (exact) mass is 272 g/mol. The molecule has 6 nitrogen and oxygen atoms in total. The van der Waals surface area contributed by atoms with E-state index < -0.39 is 5.97 Å². The number of nitrogens with one attached hydrogen (secondary N) is 1. The van der Waals surface area contributed by atoms with Gasteiger partial charge in [0.1, 0.15) is 5.76 Å². The predicted molar refractivity (Wildman–Crippen MR) is 72.3 cm³/mol. The maximum atomic E-state index is 11.9. The van der Waals surface area contributed by atoms with E-state index in [2.05, 4.69) is 10.5 Å². The molecule has 2 N–H and O–H groups in total. The van der Waals surface area contributed by atoms with Crippen LogP contribution in [-0.4, -0.2) is 22.1 Å². The first-order chi connectivity index (χ1) is 9.54. The van der Waals surface area contributed by atoms with Crippen LogP contribution in [0.25, 0.3) is 6.08 Å². The van der Waals surface area contributed by atoms with E-state index in [4.69, 9.17) is 9.63 Å². The van der Waals surface area contributed by atoms with E-state index in [0.29, 0.717) is 17.0 Å². The SMILES string of the molecule is Cc1cc(C(=O)Nc2cccc(/C=C/C(=O)O)c2)no1. The third-order valence-electron chi connectivity index (χ3n) is 2.42. The molecule has 1 amide bonds. The van der Waals surface area contributed by atoms with Crippen LogP contribution in [0.1, 0.15) is 21.8 Å². The van der Waals surface area contributed by atoms with Crippen molar-refractivity contribution in [1.82, 2.24) is 5.16 Å². The predicted octanol–water partition coefficient (Wildman–Crippen LogP) is 2.33. The van der Waals surface area contributed by atoms with E-state index >= 15 is 0 Å². The van der Waals surface area contributed by atoms with Crippen molar-refractivity contribution < 1.29 is 19.2 Å². The van der Waals surface area contributed by atoms with Crippen molar-refractivity contribution >= 4 is 23.6 Å². The van der Waals surface area contributed by atoms with E-state index in [1.54, 1.807) is 31.2 Å². The van der Waals surface area contributed by atoms with E-state index in [-0.39, 0.29) is 11.6 Å². The number of carbonyl (C=O) groups excluding carboxylic acids is 1. The number of nitrogens with zero attached hydrogens (tertiary/aromatic N) is 1. The Morgan fingerprint density at radius 1 is 1.35 bits per heavy atom. The van der Waals surface area contributed by atoms with Crippen LogP contribution in [0.5, 0.6) is 0 Å². The first-order valence-electron chi connectivity index (χ1n) is 5.80. The average Bonchev–Trinajstić information content (AvgIpc) is 2.84. The van der Waals surface area contributed by atoms with Gasteiger partial charge < -0.3 is 14.9 Å². The Kier molecular flexibility index (Phi) is 3.95. The van der Waals surface area contributed by atoms with Gasteiger partial charge in [-0.15, -0.1) is 0 Å². The Bertz CT molecular complexity index is 673. The van der Waals surface area contributed by atoms with Crippen LogP contribution >= 0.6 is 0 Å². The van der Waals surface area contributed by atoms with Crippen molar-refractivity contribution in [2.45, 2.75) is 6.92 Å². The highest BCUT2D eigenvalue weighted by atomic mass is 16.5. The summed E-state index contributed by atoms with van der Waals surface area (Å²) in [6.45, 7) is 1.70. The highest BCUT2D eigenvalue weighted by Crippen LogP contribution is 2.13. The van der Waals surface area contributed by atoms with Gasteiger partial charge in [-0.1, -0.05) is 17.3 Å². The molecule has 2 rings (SSSR count). The zero-order valence-corrected chi connectivity index (χ0v) is 10.7. The molecule has 102 valence electrons. The van der Waals surface area contributed by atoms with Gasteiger partial charge in [0.25, 0.3) is 5.91 Å². The molecule has 20 heavy (non-hydrogen) atoms. The summed E-state index contributed by atoms with van der Waals surface area (Å²) < 4.78 is 4.82. The van der Waals surface area contributed by atoms with Crippen molar-refractivity contribution in [3.63, 3.8) is 0 Å². The van der Waals surface area contributed by atoms with E-state index in [9.17, 15) is 9.59 Å². The summed E-state index contributed by atoms with van der Waals surface area (Å²) in [7, 11) is 0. The number of carboxylic acids is 1. The third kappa shape index (κ3) is 3.55. The Balaban J connectivity index is 2.11. The number of amides is 1. The second-order valence-corrected chi connectivity index (χ2v) is 4.07. The first-order valence-corrected chi connectivity index (χ1v) is 5.80. The fourth-order valence-electron chi connectivity index (χ4n) is 1.56. The molecule has 6 heteroatoms. The van der Waals surface area contributed by atoms with Crippen molar-refractivity contribution in [3.8, 4) is 0 Å². The maximum absolute atomic E-state index is 11.9. The molecule has 0 aliphatic heterocycles. The Morgan fingerprint density at radius 2 is 2.15 bits per heavy atom. The Labute approximate surface area is 114 Å². The fraction of sp³-hybridized carbons (Fsp3) is 0.0714. The zero-order valence-electron chi connectivity index (χ0n) is 10.7. The summed E-state index contributed by atoms with van der Waals surface area (Å²) in [6.07, 6.45) is 2.47. The zero-order chi connectivity index (χ0) is 14.5. The van der Waals surface area contributed by atoms with E-state index in [1.165, 1.54) is 12.1 Å². The quantitative estimate of drug-likeness (QED) is 0.833. The van der Waals surface area contributed by atoms with Crippen LogP contribution in [0.2, 0.25) is 0 Å². The minimum absolute atomic E-state index is 0.189. The lowest BCUT2D eigenvalue weighted by Gasteiger charge is -2.03. The molecule has 0 atom stereocenters. The van der Waals surface area contributed by atoms with Gasteiger partial charge >= 0.3 is 5.97 Å². The molecule has 0 fully saturated rings. The minimum Gasteiger partial charge on any atom is -0.478 e. The Hall–Kier alpha value is -2.89. The number of aryl methyl sites for hydroxylation is 1. The van der Waals surface area contributed by atoms with Crippen LogP contribution in [-0.2, 0) is 4.79 Å². The molecule has 1 heterocycles. The lowest BCUT2D eigenvalue weighted by atomic mass is 10.2. The lowest BCUT2D eigenvalue weighted by Crippen LogP contribution is -2.12. The molecular weight excluding hydrogens is 260 g/mol. The average molecular weight is 272 g/mol. The molecule has 2 aromatic rings. The summed E-state index contributed by atoms with van der Waals surface area (Å²) in [4.78, 5) is 22.3. The van der Waals surface area contributed by atoms with Crippen molar-refractivity contribution in [1.29, 1.82) is 0 Å². The van der Waals surface area contributed by atoms with Crippen molar-refractivity contribution in [2.24, 2.45) is 0 Å². The van der Waals surface area contributed by atoms with Crippen LogP contribution in [0.15, 0.2) is 40.9 Å². The molecule has 1 aromatic heterocycles. The van der Waals surface area contributed by atoms with Crippen molar-refractivity contribution in [3.05, 3.63) is 53.4 Å². The van der Waals surface area contributed by atoms with Gasteiger partial charge in [-0.05, 0) is 30.7 Å². The second kappa shape index (κ2) is 5.83. The van der Waals surface area contributed by atoms with Gasteiger partial charge in [0, 0.05) is 17.8 Å². The summed E-state index contributed by atoms with van der Waals surface area (Å²) in [5.74, 6) is -0.869. The number of aromatic nitrogens is 1. The molecule has 0 aliphatic carbocycles. The number of carboxylic acid groups (broad SMARTS) is 1. The molecule has 0 saturated carbocycles. The number of hydrogen-bond acceptors (Lipinski definition) is 4. The van der Waals surface area contributed by atoms with Crippen LogP contribution in [0, 0.1) is 6.92 Å². The van der Waals surface area contributed by atoms with Crippen LogP contribution in [0.3, 0.4) is 0 Å². The summed E-state index contributed by atoms with van der Waals surface area (Å²) in [5, 5.41) is 14.8. The topological polar surface area (TPSA) is 92.4 Å². The van der Waals surface area contributed by atoms with Gasteiger partial charge in [-0.3, -0.25) is 4.79 Å². The molecule has 0 unspecified atom stereocenters. The lowest BCUT2D eigenvalue weighted by molar-refractivity contribution is -0.131. The number of aliphatic carboxylic acids is 1. The summed E-state index contributed by atoms with van der Waals surface area (Å²) in [5.41, 5.74) is 1.40. The number of anilines is 1. The van der Waals surface area contributed by atoms with Gasteiger partial charge in [0.05, 0.1) is 0 Å². The molecule has 0 aliphatic rings. The third-order valence-corrected chi connectivity index (χ3v) is 2.42. The summed E-state index contributed by atoms with van der Waals surface area (Å²) >= 11 is 0. The minimum atomic E-state index is -1.03. The number of rotatable bonds is 4. The van der Waals surface area contributed by atoms with E-state index in [1.807, 2.05) is 0 Å². The fourth-order valence-corrected chi connectivity index (χ4v) is 1.56. The molecule has 0 bridgehead atoms. The molecule has 1 aromatic carbocycles. The maximum Gasteiger partial charge on any atom is 0.328 e. The summed E-state index contributed by atoms with van der Waals surface area (Å²) in [6, 6.07) is 8.33. The van der Waals surface area contributed by atoms with E-state index in [0.717, 1.165) is 6.08 Å². The van der Waals surface area contributed by atoms with Gasteiger partial charge in [-0.25, -0.2) is 4.79 Å². The molecule has 0 radical (unpaired) electrons. The molecule has 0 spiro atoms. The van der Waals surface area contributed by atoms with Gasteiger partial charge in [0.15, 0.2) is 5.69 Å². The van der Waals surface area contributed by atoms with Crippen molar-refractivity contribution in [2.75, 3.05) is 5.32 Å². The highest BCUT2D eigenvalue weighted by molar-refractivity contribution is 6.03. The number of carbonyl (C=O) groups is 2. The normalized spacial score (nSPS) is 10.7. The molecular formula is C14H12N2O4. The van der Waals surface area contributed by atoms with Gasteiger partial charge in [-0.2, -0.15) is 0 Å². The first kappa shape index (κ1) is 13.5. The number of hydrogen-bond donors (Lipinski definition) is 2.